The minimum absolute atomic E-state index is 0.163. The first kappa shape index (κ1) is 12.5. The van der Waals surface area contributed by atoms with Gasteiger partial charge in [0.1, 0.15) is 0 Å². The normalized spacial score (nSPS) is 18.2. The quantitative estimate of drug-likeness (QED) is 0.929. The molecule has 1 aromatic rings. The maximum Gasteiger partial charge on any atom is 0.306 e. The minimum Gasteiger partial charge on any atom is -0.481 e. The van der Waals surface area contributed by atoms with Crippen LogP contribution in [0.15, 0.2) is 22.8 Å². The monoisotopic (exact) mass is 298 g/mol. The summed E-state index contributed by atoms with van der Waals surface area (Å²) in [5.74, 6) is -0.824. The van der Waals surface area contributed by atoms with Crippen LogP contribution in [0.5, 0.6) is 0 Å². The summed E-state index contributed by atoms with van der Waals surface area (Å²) in [5.41, 5.74) is 1.03. The number of carboxylic acid groups (broad SMARTS) is 1. The molecule has 1 aromatic heterocycles. The van der Waals surface area contributed by atoms with Gasteiger partial charge in [0.2, 0.25) is 0 Å². The van der Waals surface area contributed by atoms with E-state index in [0.717, 1.165) is 42.6 Å². The van der Waals surface area contributed by atoms with Crippen molar-refractivity contribution in [1.82, 2.24) is 9.88 Å². The highest BCUT2D eigenvalue weighted by Gasteiger charge is 2.24. The van der Waals surface area contributed by atoms with Gasteiger partial charge in [-0.1, -0.05) is 0 Å². The fraction of sp³-hybridized carbons (Fsp3) is 0.500. The van der Waals surface area contributed by atoms with Crippen LogP contribution < -0.4 is 0 Å². The molecule has 1 fully saturated rings. The molecule has 1 N–H and O–H groups in total. The van der Waals surface area contributed by atoms with Gasteiger partial charge in [0.25, 0.3) is 0 Å². The number of hydrogen-bond donors (Lipinski definition) is 1. The highest BCUT2D eigenvalue weighted by molar-refractivity contribution is 9.10. The highest BCUT2D eigenvalue weighted by Crippen LogP contribution is 2.19. The molecule has 0 amide bonds. The van der Waals surface area contributed by atoms with Crippen LogP contribution in [-0.2, 0) is 11.3 Å². The van der Waals surface area contributed by atoms with Crippen LogP contribution in [0, 0.1) is 5.92 Å². The molecule has 92 valence electrons. The van der Waals surface area contributed by atoms with Crippen molar-refractivity contribution in [3.63, 3.8) is 0 Å². The summed E-state index contributed by atoms with van der Waals surface area (Å²) in [6.07, 6.45) is 3.27. The van der Waals surface area contributed by atoms with E-state index < -0.39 is 5.97 Å². The maximum atomic E-state index is 10.8. The predicted octanol–water partition coefficient (Wildman–Crippen LogP) is 2.14. The molecule has 1 aliphatic rings. The van der Waals surface area contributed by atoms with Crippen LogP contribution in [0.1, 0.15) is 18.5 Å². The van der Waals surface area contributed by atoms with Crippen molar-refractivity contribution in [2.75, 3.05) is 13.1 Å². The van der Waals surface area contributed by atoms with Gasteiger partial charge in [0.15, 0.2) is 0 Å². The Kier molecular flexibility index (Phi) is 4.12. The van der Waals surface area contributed by atoms with Crippen LogP contribution in [0.4, 0.5) is 0 Å². The van der Waals surface area contributed by atoms with E-state index in [9.17, 15) is 4.79 Å². The van der Waals surface area contributed by atoms with Crippen molar-refractivity contribution in [3.8, 4) is 0 Å². The molecule has 4 nitrogen and oxygen atoms in total. The number of carbonyl (C=O) groups is 1. The van der Waals surface area contributed by atoms with Crippen molar-refractivity contribution in [2.45, 2.75) is 19.4 Å². The minimum atomic E-state index is -0.661. The van der Waals surface area contributed by atoms with E-state index in [-0.39, 0.29) is 5.92 Å². The van der Waals surface area contributed by atoms with E-state index >= 15 is 0 Å². The number of likely N-dealkylation sites (tertiary alicyclic amines) is 1. The summed E-state index contributed by atoms with van der Waals surface area (Å²) in [4.78, 5) is 17.4. The third-order valence-electron chi connectivity index (χ3n) is 3.11. The van der Waals surface area contributed by atoms with E-state index in [1.54, 1.807) is 6.20 Å². The van der Waals surface area contributed by atoms with Crippen molar-refractivity contribution in [3.05, 3.63) is 28.5 Å². The number of hydrogen-bond acceptors (Lipinski definition) is 3. The van der Waals surface area contributed by atoms with Crippen molar-refractivity contribution < 1.29 is 9.90 Å². The molecule has 1 aliphatic heterocycles. The molecule has 0 aromatic carbocycles. The van der Waals surface area contributed by atoms with Crippen LogP contribution in [0.2, 0.25) is 0 Å². The summed E-state index contributed by atoms with van der Waals surface area (Å²) in [6, 6.07) is 3.97. The fourth-order valence-electron chi connectivity index (χ4n) is 2.07. The van der Waals surface area contributed by atoms with Crippen LogP contribution in [0.3, 0.4) is 0 Å². The lowest BCUT2D eigenvalue weighted by atomic mass is 9.97. The van der Waals surface area contributed by atoms with Gasteiger partial charge in [-0.2, -0.15) is 0 Å². The zero-order chi connectivity index (χ0) is 12.3. The molecule has 2 rings (SSSR count). The second-order valence-corrected chi connectivity index (χ2v) is 5.27. The number of aliphatic carboxylic acids is 1. The molecule has 0 unspecified atom stereocenters. The molecule has 0 aliphatic carbocycles. The summed E-state index contributed by atoms with van der Waals surface area (Å²) < 4.78 is 0.978. The fourth-order valence-corrected chi connectivity index (χ4v) is 2.30. The molecular weight excluding hydrogens is 284 g/mol. The number of piperidine rings is 1. The molecule has 0 atom stereocenters. The summed E-state index contributed by atoms with van der Waals surface area (Å²) in [6.45, 7) is 2.49. The van der Waals surface area contributed by atoms with Crippen LogP contribution in [-0.4, -0.2) is 34.0 Å². The van der Waals surface area contributed by atoms with Gasteiger partial charge in [0, 0.05) is 17.2 Å². The Balaban J connectivity index is 1.85. The number of rotatable bonds is 3. The Morgan fingerprint density at radius 2 is 2.18 bits per heavy atom. The molecule has 2 heterocycles. The zero-order valence-electron chi connectivity index (χ0n) is 9.47. The first-order valence-corrected chi connectivity index (χ1v) is 6.50. The van der Waals surface area contributed by atoms with Gasteiger partial charge in [-0.3, -0.25) is 14.7 Å². The van der Waals surface area contributed by atoms with Crippen molar-refractivity contribution in [1.29, 1.82) is 0 Å². The SMILES string of the molecule is O=C(O)C1CCN(Cc2ccc(Br)cn2)CC1. The Bertz CT molecular complexity index is 386. The second-order valence-electron chi connectivity index (χ2n) is 4.36. The van der Waals surface area contributed by atoms with Gasteiger partial charge < -0.3 is 5.11 Å². The Morgan fingerprint density at radius 3 is 2.71 bits per heavy atom. The van der Waals surface area contributed by atoms with E-state index in [0.29, 0.717) is 0 Å². The van der Waals surface area contributed by atoms with Gasteiger partial charge in [0.05, 0.1) is 11.6 Å². The molecule has 5 heteroatoms. The number of nitrogens with zero attached hydrogens (tertiary/aromatic N) is 2. The van der Waals surface area contributed by atoms with Crippen LogP contribution in [0.25, 0.3) is 0 Å². The van der Waals surface area contributed by atoms with Crippen molar-refractivity contribution in [2.24, 2.45) is 5.92 Å². The first-order chi connectivity index (χ1) is 8.15. The van der Waals surface area contributed by atoms with Crippen molar-refractivity contribution >= 4 is 21.9 Å². The lowest BCUT2D eigenvalue weighted by Crippen LogP contribution is -2.36. The topological polar surface area (TPSA) is 53.4 Å². The van der Waals surface area contributed by atoms with Gasteiger partial charge in [-0.05, 0) is 54.0 Å². The summed E-state index contributed by atoms with van der Waals surface area (Å²) in [5, 5.41) is 8.91. The first-order valence-electron chi connectivity index (χ1n) is 5.71. The average Bonchev–Trinajstić information content (AvgIpc) is 2.33. The number of aromatic nitrogens is 1. The average molecular weight is 299 g/mol. The van der Waals surface area contributed by atoms with Gasteiger partial charge >= 0.3 is 5.97 Å². The highest BCUT2D eigenvalue weighted by atomic mass is 79.9. The van der Waals surface area contributed by atoms with E-state index in [4.69, 9.17) is 5.11 Å². The zero-order valence-corrected chi connectivity index (χ0v) is 11.1. The van der Waals surface area contributed by atoms with E-state index in [2.05, 4.69) is 25.8 Å². The number of halogens is 1. The number of carboxylic acids is 1. The third kappa shape index (κ3) is 3.51. The summed E-state index contributed by atoms with van der Waals surface area (Å²) >= 11 is 3.35. The Hall–Kier alpha value is -0.940. The Labute approximate surface area is 109 Å². The lowest BCUT2D eigenvalue weighted by Gasteiger charge is -2.29. The molecule has 0 bridgehead atoms. The largest absolute Gasteiger partial charge is 0.481 e. The molecular formula is C12H15BrN2O2. The lowest BCUT2D eigenvalue weighted by molar-refractivity contribution is -0.143. The smallest absolute Gasteiger partial charge is 0.306 e. The van der Waals surface area contributed by atoms with E-state index in [1.807, 2.05) is 12.1 Å². The summed E-state index contributed by atoms with van der Waals surface area (Å²) in [7, 11) is 0. The van der Waals surface area contributed by atoms with Gasteiger partial charge in [-0.25, -0.2) is 0 Å². The third-order valence-corrected chi connectivity index (χ3v) is 3.58. The van der Waals surface area contributed by atoms with Gasteiger partial charge in [-0.15, -0.1) is 0 Å². The molecule has 0 spiro atoms. The molecule has 0 saturated carbocycles. The Morgan fingerprint density at radius 1 is 1.47 bits per heavy atom. The molecule has 17 heavy (non-hydrogen) atoms. The molecule has 1 saturated heterocycles. The molecule has 0 radical (unpaired) electrons. The second kappa shape index (κ2) is 5.60. The number of pyridine rings is 1. The standard InChI is InChI=1S/C12H15BrN2O2/c13-10-1-2-11(14-7-10)8-15-5-3-9(4-6-15)12(16)17/h1-2,7,9H,3-6,8H2,(H,16,17). The van der Waals surface area contributed by atoms with E-state index in [1.165, 1.54) is 0 Å². The predicted molar refractivity (Wildman–Crippen MR) is 67.6 cm³/mol. The van der Waals surface area contributed by atoms with Crippen LogP contribution >= 0.6 is 15.9 Å². The maximum absolute atomic E-state index is 10.8.